The van der Waals surface area contributed by atoms with E-state index in [-0.39, 0.29) is 12.5 Å². The minimum atomic E-state index is -0.116. The first-order chi connectivity index (χ1) is 6.63. The van der Waals surface area contributed by atoms with E-state index in [0.717, 1.165) is 5.69 Å². The van der Waals surface area contributed by atoms with Gasteiger partial charge in [-0.2, -0.15) is 5.10 Å². The molecule has 1 amide bonds. The third-order valence-electron chi connectivity index (χ3n) is 1.66. The van der Waals surface area contributed by atoms with Gasteiger partial charge in [0.1, 0.15) is 6.54 Å². The zero-order valence-electron chi connectivity index (χ0n) is 7.96. The molecule has 0 radical (unpaired) electrons. The highest BCUT2D eigenvalue weighted by molar-refractivity contribution is 6.31. The van der Waals surface area contributed by atoms with Gasteiger partial charge in [0, 0.05) is 19.3 Å². The summed E-state index contributed by atoms with van der Waals surface area (Å²) in [6.07, 6.45) is 1.62. The summed E-state index contributed by atoms with van der Waals surface area (Å²) in [5, 5.41) is 7.26. The molecule has 78 valence electrons. The van der Waals surface area contributed by atoms with E-state index in [0.29, 0.717) is 18.1 Å². The Morgan fingerprint density at radius 1 is 1.79 bits per heavy atom. The van der Waals surface area contributed by atoms with Gasteiger partial charge in [-0.05, 0) is 6.92 Å². The number of hydrogen-bond acceptors (Lipinski definition) is 3. The Balaban J connectivity index is 2.48. The van der Waals surface area contributed by atoms with E-state index < -0.39 is 0 Å². The van der Waals surface area contributed by atoms with Gasteiger partial charge in [0.05, 0.1) is 10.7 Å². The second kappa shape index (κ2) is 4.97. The number of nitrogens with two attached hydrogens (primary N) is 1. The van der Waals surface area contributed by atoms with Crippen molar-refractivity contribution in [1.82, 2.24) is 15.1 Å². The molecule has 0 aromatic carbocycles. The molecule has 3 N–H and O–H groups in total. The van der Waals surface area contributed by atoms with Crippen LogP contribution < -0.4 is 11.1 Å². The van der Waals surface area contributed by atoms with Crippen molar-refractivity contribution >= 4 is 17.5 Å². The molecule has 0 saturated carbocycles. The van der Waals surface area contributed by atoms with E-state index in [1.54, 1.807) is 13.1 Å². The molecule has 0 saturated heterocycles. The minimum absolute atomic E-state index is 0.116. The average molecular weight is 217 g/mol. The maximum Gasteiger partial charge on any atom is 0.241 e. The summed E-state index contributed by atoms with van der Waals surface area (Å²) in [5.41, 5.74) is 5.96. The highest BCUT2D eigenvalue weighted by Gasteiger charge is 2.05. The van der Waals surface area contributed by atoms with Gasteiger partial charge in [-0.15, -0.1) is 0 Å². The molecule has 0 fully saturated rings. The van der Waals surface area contributed by atoms with Crippen molar-refractivity contribution in [2.24, 2.45) is 5.73 Å². The number of carbonyl (C=O) groups excluding carboxylic acids is 1. The van der Waals surface area contributed by atoms with E-state index in [2.05, 4.69) is 10.4 Å². The fraction of sp³-hybridized carbons (Fsp3) is 0.500. The van der Waals surface area contributed by atoms with E-state index in [9.17, 15) is 4.79 Å². The lowest BCUT2D eigenvalue weighted by Gasteiger charge is -2.02. The normalized spacial score (nSPS) is 10.2. The number of rotatable bonds is 4. The molecule has 0 unspecified atom stereocenters. The number of nitrogens with zero attached hydrogens (tertiary/aromatic N) is 2. The van der Waals surface area contributed by atoms with Crippen LogP contribution in [0.5, 0.6) is 0 Å². The summed E-state index contributed by atoms with van der Waals surface area (Å²) < 4.78 is 1.50. The molecule has 0 aliphatic rings. The maximum absolute atomic E-state index is 11.2. The van der Waals surface area contributed by atoms with Crippen LogP contribution in [0.1, 0.15) is 5.69 Å². The summed E-state index contributed by atoms with van der Waals surface area (Å²) in [5.74, 6) is -0.116. The Morgan fingerprint density at radius 3 is 3.00 bits per heavy atom. The number of carbonyl (C=O) groups is 1. The first kappa shape index (κ1) is 11.0. The number of aromatic nitrogens is 2. The lowest BCUT2D eigenvalue weighted by Crippen LogP contribution is -2.32. The summed E-state index contributed by atoms with van der Waals surface area (Å²) >= 11 is 5.78. The second-order valence-electron chi connectivity index (χ2n) is 2.90. The van der Waals surface area contributed by atoms with Crippen molar-refractivity contribution in [3.8, 4) is 0 Å². The molecule has 1 rings (SSSR count). The van der Waals surface area contributed by atoms with Gasteiger partial charge >= 0.3 is 0 Å². The van der Waals surface area contributed by atoms with Crippen molar-refractivity contribution < 1.29 is 4.79 Å². The molecule has 5 nitrogen and oxygen atoms in total. The number of hydrogen-bond donors (Lipinski definition) is 2. The third-order valence-corrected chi connectivity index (χ3v) is 2.03. The van der Waals surface area contributed by atoms with Crippen LogP contribution in [-0.4, -0.2) is 28.8 Å². The van der Waals surface area contributed by atoms with Crippen molar-refractivity contribution in [2.45, 2.75) is 13.5 Å². The van der Waals surface area contributed by atoms with Crippen molar-refractivity contribution in [1.29, 1.82) is 0 Å². The summed E-state index contributed by atoms with van der Waals surface area (Å²) in [6, 6.07) is 0. The van der Waals surface area contributed by atoms with Gasteiger partial charge in [0.15, 0.2) is 0 Å². The van der Waals surface area contributed by atoms with E-state index in [4.69, 9.17) is 17.3 Å². The second-order valence-corrected chi connectivity index (χ2v) is 3.31. The predicted octanol–water partition coefficient (Wildman–Crippen LogP) is -0.0802. The van der Waals surface area contributed by atoms with Crippen LogP contribution >= 0.6 is 11.6 Å². The number of aryl methyl sites for hydroxylation is 1. The summed E-state index contributed by atoms with van der Waals surface area (Å²) in [7, 11) is 0. The largest absolute Gasteiger partial charge is 0.353 e. The zero-order valence-corrected chi connectivity index (χ0v) is 8.71. The van der Waals surface area contributed by atoms with Gasteiger partial charge in [-0.3, -0.25) is 9.48 Å². The molecule has 0 aliphatic carbocycles. The topological polar surface area (TPSA) is 72.9 Å². The first-order valence-electron chi connectivity index (χ1n) is 4.30. The van der Waals surface area contributed by atoms with Gasteiger partial charge < -0.3 is 11.1 Å². The Morgan fingerprint density at radius 2 is 2.50 bits per heavy atom. The van der Waals surface area contributed by atoms with Crippen molar-refractivity contribution in [3.63, 3.8) is 0 Å². The standard InChI is InChI=1S/C8H13ClN4O/c1-6-7(9)4-13(12-6)5-8(14)11-3-2-10/h4H,2-3,5,10H2,1H3,(H,11,14). The number of halogens is 1. The highest BCUT2D eigenvalue weighted by Crippen LogP contribution is 2.11. The number of nitrogens with one attached hydrogen (secondary N) is 1. The number of amides is 1. The van der Waals surface area contributed by atoms with Crippen LogP contribution in [0.15, 0.2) is 6.20 Å². The zero-order chi connectivity index (χ0) is 10.6. The van der Waals surface area contributed by atoms with Crippen LogP contribution in [0.3, 0.4) is 0 Å². The quantitative estimate of drug-likeness (QED) is 0.740. The molecule has 1 aromatic rings. The van der Waals surface area contributed by atoms with Crippen LogP contribution in [0, 0.1) is 6.92 Å². The van der Waals surface area contributed by atoms with Crippen LogP contribution in [0.4, 0.5) is 0 Å². The molecular weight excluding hydrogens is 204 g/mol. The van der Waals surface area contributed by atoms with Crippen LogP contribution in [0.25, 0.3) is 0 Å². The summed E-state index contributed by atoms with van der Waals surface area (Å²) in [4.78, 5) is 11.2. The Kier molecular flexibility index (Phi) is 3.91. The molecule has 1 heterocycles. The van der Waals surface area contributed by atoms with Gasteiger partial charge in [0.25, 0.3) is 0 Å². The molecular formula is C8H13ClN4O. The van der Waals surface area contributed by atoms with Crippen LogP contribution in [0.2, 0.25) is 5.02 Å². The van der Waals surface area contributed by atoms with Crippen molar-refractivity contribution in [2.75, 3.05) is 13.1 Å². The highest BCUT2D eigenvalue weighted by atomic mass is 35.5. The smallest absolute Gasteiger partial charge is 0.241 e. The Hall–Kier alpha value is -1.07. The van der Waals surface area contributed by atoms with Crippen molar-refractivity contribution in [3.05, 3.63) is 16.9 Å². The predicted molar refractivity (Wildman–Crippen MR) is 54.0 cm³/mol. The van der Waals surface area contributed by atoms with Gasteiger partial charge in [-0.1, -0.05) is 11.6 Å². The average Bonchev–Trinajstić information content (AvgIpc) is 2.42. The molecule has 1 aromatic heterocycles. The summed E-state index contributed by atoms with van der Waals surface area (Å²) in [6.45, 7) is 2.88. The lowest BCUT2D eigenvalue weighted by molar-refractivity contribution is -0.121. The lowest BCUT2D eigenvalue weighted by atomic mass is 10.5. The molecule has 14 heavy (non-hydrogen) atoms. The van der Waals surface area contributed by atoms with Gasteiger partial charge in [0.2, 0.25) is 5.91 Å². The Labute approximate surface area is 87.2 Å². The van der Waals surface area contributed by atoms with E-state index in [1.807, 2.05) is 0 Å². The molecule has 0 atom stereocenters. The molecule has 0 spiro atoms. The monoisotopic (exact) mass is 216 g/mol. The fourth-order valence-corrected chi connectivity index (χ4v) is 1.14. The van der Waals surface area contributed by atoms with Crippen LogP contribution in [-0.2, 0) is 11.3 Å². The maximum atomic E-state index is 11.2. The molecule has 6 heteroatoms. The fourth-order valence-electron chi connectivity index (χ4n) is 0.989. The first-order valence-corrected chi connectivity index (χ1v) is 4.67. The van der Waals surface area contributed by atoms with E-state index >= 15 is 0 Å². The van der Waals surface area contributed by atoms with E-state index in [1.165, 1.54) is 4.68 Å². The Bertz CT molecular complexity index is 304. The van der Waals surface area contributed by atoms with Gasteiger partial charge in [-0.25, -0.2) is 0 Å². The molecule has 0 aliphatic heterocycles. The minimum Gasteiger partial charge on any atom is -0.353 e. The SMILES string of the molecule is Cc1nn(CC(=O)NCCN)cc1Cl. The third kappa shape index (κ3) is 3.01. The molecule has 0 bridgehead atoms.